The third kappa shape index (κ3) is 3.16. The SMILES string of the molecule is [2H]C([2H])([2H])Oc1cc2c(cc1OC([2H])([2H])[2H])C([2H])([2H])C([2H])([2H])N1C2([2H])CC(=O)C(C([2H])([2H])C([2H])(C([2H])([2H])[2H])C([2H])([2H])C)C1([2H])[2H]. The smallest absolute Gasteiger partial charge is 0.161 e. The molecule has 0 radical (unpaired) electrons. The van der Waals surface area contributed by atoms with Crippen molar-refractivity contribution in [3.05, 3.63) is 23.3 Å². The van der Waals surface area contributed by atoms with Gasteiger partial charge in [-0.15, -0.1) is 0 Å². The molecule has 1 aromatic rings. The fourth-order valence-corrected chi connectivity index (χ4v) is 2.45. The first-order chi connectivity index (χ1) is 19.5. The van der Waals surface area contributed by atoms with E-state index in [0.717, 1.165) is 0 Å². The van der Waals surface area contributed by atoms with Gasteiger partial charge in [0.2, 0.25) is 0 Å². The highest BCUT2D eigenvalue weighted by atomic mass is 16.5. The van der Waals surface area contributed by atoms with E-state index in [1.807, 2.05) is 0 Å². The summed E-state index contributed by atoms with van der Waals surface area (Å²) in [5.74, 6) is -10.3. The van der Waals surface area contributed by atoms with Gasteiger partial charge in [-0.2, -0.15) is 0 Å². The van der Waals surface area contributed by atoms with Gasteiger partial charge >= 0.3 is 0 Å². The van der Waals surface area contributed by atoms with Gasteiger partial charge in [-0.1, -0.05) is 20.1 Å². The largest absolute Gasteiger partial charge is 0.493 e. The maximum Gasteiger partial charge on any atom is 0.161 e. The highest BCUT2D eigenvalue weighted by molar-refractivity contribution is 5.83. The molecule has 1 saturated heterocycles. The molecule has 2 heterocycles. The lowest BCUT2D eigenvalue weighted by molar-refractivity contribution is -0.129. The Balaban J connectivity index is 2.43. The van der Waals surface area contributed by atoms with Crippen molar-refractivity contribution in [2.45, 2.75) is 45.3 Å². The number of fused-ring (bicyclic) bond motifs is 3. The number of ether oxygens (including phenoxy) is 2. The van der Waals surface area contributed by atoms with Crippen LogP contribution in [0.15, 0.2) is 12.1 Å². The lowest BCUT2D eigenvalue weighted by Gasteiger charge is -2.43. The third-order valence-electron chi connectivity index (χ3n) is 3.65. The molecule has 3 unspecified atom stereocenters. The number of carbonyl (C=O) groups is 1. The van der Waals surface area contributed by atoms with E-state index in [0.29, 0.717) is 19.1 Å². The van der Waals surface area contributed by atoms with Crippen LogP contribution in [0.2, 0.25) is 0 Å². The van der Waals surface area contributed by atoms with Gasteiger partial charge in [0.1, 0.15) is 5.78 Å². The zero-order valence-electron chi connectivity index (χ0n) is 33.6. The fourth-order valence-electron chi connectivity index (χ4n) is 2.45. The second-order valence-electron chi connectivity index (χ2n) is 5.04. The summed E-state index contributed by atoms with van der Waals surface area (Å²) in [6, 6.07) is -1.95. The summed E-state index contributed by atoms with van der Waals surface area (Å²) in [5.41, 5.74) is -1.67. The average Bonchev–Trinajstić information content (AvgIpc) is 2.73. The average molecular weight is 353 g/mol. The Morgan fingerprint density at radius 3 is 3.00 bits per heavy atom. The number of piperidine rings is 1. The highest BCUT2D eigenvalue weighted by Crippen LogP contribution is 2.42. The summed E-state index contributed by atoms with van der Waals surface area (Å²) in [6.07, 6.45) is -12.1. The molecule has 0 aromatic heterocycles. The van der Waals surface area contributed by atoms with Gasteiger partial charge in [-0.05, 0) is 41.9 Å². The minimum absolute atomic E-state index is 0.173. The second kappa shape index (κ2) is 7.14. The number of ketones is 1. The van der Waals surface area contributed by atoms with Crippen LogP contribution < -0.4 is 9.47 Å². The molecule has 4 heteroatoms. The zero-order chi connectivity index (χ0) is 35.6. The molecule has 1 aromatic carbocycles. The quantitative estimate of drug-likeness (QED) is 0.811. The molecule has 0 N–H and O–H groups in total. The number of rotatable bonds is 5. The molecule has 3 rings (SSSR count). The van der Waals surface area contributed by atoms with Gasteiger partial charge in [0.25, 0.3) is 0 Å². The highest BCUT2D eigenvalue weighted by Gasteiger charge is 2.38. The van der Waals surface area contributed by atoms with Crippen LogP contribution in [0.25, 0.3) is 0 Å². The Hall–Kier alpha value is -1.55. The predicted molar refractivity (Wildman–Crippen MR) is 94.8 cm³/mol. The number of aryl methyl sites for hydroxylation is 1. The Kier molecular flexibility index (Phi) is 1.49. The Bertz CT molecular complexity index is 1340. The van der Waals surface area contributed by atoms with E-state index >= 15 is 0 Å². The molecule has 2 aliphatic rings. The maximum atomic E-state index is 13.7. The van der Waals surface area contributed by atoms with E-state index in [-0.39, 0.29) is 4.90 Å². The van der Waals surface area contributed by atoms with Crippen molar-refractivity contribution in [3.8, 4) is 11.5 Å². The van der Waals surface area contributed by atoms with E-state index in [2.05, 4.69) is 0 Å². The number of carbonyl (C=O) groups excluding carboxylic acids is 1. The molecule has 3 atom stereocenters. The van der Waals surface area contributed by atoms with Crippen LogP contribution in [-0.2, 0) is 11.2 Å². The number of hydrogen-bond acceptors (Lipinski definition) is 4. The maximum absolute atomic E-state index is 13.7. The molecule has 1 fully saturated rings. The number of nitrogens with zero attached hydrogens (tertiary/aromatic N) is 1. The predicted octanol–water partition coefficient (Wildman–Crippen LogP) is 3.63. The van der Waals surface area contributed by atoms with Crippen molar-refractivity contribution in [1.29, 1.82) is 0 Å². The summed E-state index contributed by atoms with van der Waals surface area (Å²) >= 11 is 0. The summed E-state index contributed by atoms with van der Waals surface area (Å²) < 4.78 is 181. The molecule has 132 valence electrons. The number of hydrogen-bond donors (Lipinski definition) is 0. The van der Waals surface area contributed by atoms with Gasteiger partial charge in [0.05, 0.1) is 23.7 Å². The van der Waals surface area contributed by atoms with Crippen LogP contribution in [-0.4, -0.2) is 37.8 Å². The number of Topliss-reactive ketones (excluding diaryl/α,β-unsaturated/α-hetero) is 1. The Morgan fingerprint density at radius 2 is 2.29 bits per heavy atom. The normalized spacial score (nSPS) is 51.3. The lowest BCUT2D eigenvalue weighted by Crippen LogP contribution is -2.46. The van der Waals surface area contributed by atoms with Crippen molar-refractivity contribution in [3.63, 3.8) is 0 Å². The first-order valence-electron chi connectivity index (χ1n) is 17.4. The summed E-state index contributed by atoms with van der Waals surface area (Å²) in [7, 11) is -6.58. The standard InChI is InChI=1S/C20H29NO3/c1-5-13(2)8-15-12-21-7-6-14-9-19(23-3)20(24-4)10-16(14)17(21)11-18(15)22/h9-10,13,15,17H,5-8,11-12H2,1-4H3/i2D3,3D3,4D3,5D2,6D2,7D2,8D2,12D2,13D,17D. The van der Waals surface area contributed by atoms with E-state index in [1.54, 1.807) is 0 Å². The molecular weight excluding hydrogens is 302 g/mol. The van der Waals surface area contributed by atoms with Crippen molar-refractivity contribution >= 4 is 5.78 Å². The first-order valence-corrected chi connectivity index (χ1v) is 6.92. The summed E-state index contributed by atoms with van der Waals surface area (Å²) in [5, 5.41) is 0. The Morgan fingerprint density at radius 1 is 1.50 bits per heavy atom. The lowest BCUT2D eigenvalue weighted by atomic mass is 9.79. The van der Waals surface area contributed by atoms with E-state index in [9.17, 15) is 6.17 Å². The molecule has 0 saturated carbocycles. The van der Waals surface area contributed by atoms with E-state index in [4.69, 9.17) is 36.9 Å². The first kappa shape index (κ1) is 5.00. The minimum Gasteiger partial charge on any atom is -0.493 e. The van der Waals surface area contributed by atoms with E-state index in [1.165, 1.54) is 0 Å². The number of benzene rings is 1. The van der Waals surface area contributed by atoms with Gasteiger partial charge in [0, 0.05) is 50.5 Å². The van der Waals surface area contributed by atoms with E-state index < -0.39 is 106 Å². The van der Waals surface area contributed by atoms with Crippen LogP contribution >= 0.6 is 0 Å². The van der Waals surface area contributed by atoms with Crippen LogP contribution in [0.3, 0.4) is 0 Å². The molecule has 0 bridgehead atoms. The molecule has 0 spiro atoms. The van der Waals surface area contributed by atoms with Crippen molar-refractivity contribution in [1.82, 2.24) is 4.90 Å². The molecule has 2 aliphatic heterocycles. The Labute approximate surface area is 174 Å². The second-order valence-corrected chi connectivity index (χ2v) is 5.04. The van der Waals surface area contributed by atoms with Crippen molar-refractivity contribution in [2.75, 3.05) is 27.1 Å². The molecule has 0 aliphatic carbocycles. The summed E-state index contributed by atoms with van der Waals surface area (Å²) in [6.45, 7) is -10.9. The zero-order valence-corrected chi connectivity index (χ0v) is 12.6. The monoisotopic (exact) mass is 352 g/mol. The van der Waals surface area contributed by atoms with Crippen LogP contribution in [0.4, 0.5) is 0 Å². The minimum atomic E-state index is -3.96. The van der Waals surface area contributed by atoms with Gasteiger partial charge in [-0.3, -0.25) is 9.69 Å². The van der Waals surface area contributed by atoms with Gasteiger partial charge < -0.3 is 9.47 Å². The molecule has 4 nitrogen and oxygen atoms in total. The third-order valence-corrected chi connectivity index (χ3v) is 3.65. The number of methoxy groups -OCH3 is 2. The molecule has 0 amide bonds. The summed E-state index contributed by atoms with van der Waals surface area (Å²) in [4.78, 5) is 13.5. The topological polar surface area (TPSA) is 38.8 Å². The van der Waals surface area contributed by atoms with Crippen molar-refractivity contribution in [2.24, 2.45) is 11.8 Å². The van der Waals surface area contributed by atoms with Crippen LogP contribution in [0.5, 0.6) is 11.5 Å². The van der Waals surface area contributed by atoms with Gasteiger partial charge in [0.15, 0.2) is 11.5 Å². The molecular formula is C20H29NO3. The van der Waals surface area contributed by atoms with Crippen LogP contribution in [0, 0.1) is 11.8 Å². The van der Waals surface area contributed by atoms with Crippen molar-refractivity contribution < 1.29 is 43.1 Å². The molecule has 24 heavy (non-hydrogen) atoms. The van der Waals surface area contributed by atoms with Gasteiger partial charge in [-0.25, -0.2) is 0 Å². The fraction of sp³-hybridized carbons (Fsp3) is 0.650. The van der Waals surface area contributed by atoms with Crippen LogP contribution in [0.1, 0.15) is 78.9 Å².